The Balaban J connectivity index is 0.00000338. The van der Waals surface area contributed by atoms with Crippen LogP contribution in [0.15, 0.2) is 23.1 Å². The zero-order valence-corrected chi connectivity index (χ0v) is 16.9. The topological polar surface area (TPSA) is 67.9 Å². The van der Waals surface area contributed by atoms with Crippen LogP contribution in [0, 0.1) is 5.82 Å². The molecular formula is C17H28ClFN2O4S. The highest BCUT2D eigenvalue weighted by Gasteiger charge is 2.34. The largest absolute Gasteiger partial charge is 0.490 e. The van der Waals surface area contributed by atoms with Crippen LogP contribution in [-0.4, -0.2) is 58.7 Å². The molecule has 0 aromatic heterocycles. The molecule has 0 aliphatic carbocycles. The van der Waals surface area contributed by atoms with Crippen molar-refractivity contribution in [2.45, 2.75) is 37.1 Å². The predicted octanol–water partition coefficient (Wildman–Crippen LogP) is 2.43. The SMILES string of the molecule is CCCN(C1CCNCC1)S(=O)(=O)c1cc(F)ccc1OCCOC.Cl. The Morgan fingerprint density at radius 2 is 1.96 bits per heavy atom. The van der Waals surface area contributed by atoms with Gasteiger partial charge in [-0.1, -0.05) is 6.92 Å². The zero-order valence-electron chi connectivity index (χ0n) is 15.2. The number of halogens is 2. The molecule has 0 atom stereocenters. The molecule has 0 radical (unpaired) electrons. The standard InChI is InChI=1S/C17H27FN2O4S.ClH/c1-3-10-20(15-6-8-19-9-7-15)25(21,22)17-13-14(18)4-5-16(17)24-12-11-23-2;/h4-5,13,15,19H,3,6-12H2,1-2H3;1H. The number of hydrogen-bond donors (Lipinski definition) is 1. The van der Waals surface area contributed by atoms with E-state index in [-0.39, 0.29) is 35.7 Å². The molecule has 1 aromatic rings. The van der Waals surface area contributed by atoms with Crippen molar-refractivity contribution in [1.29, 1.82) is 0 Å². The van der Waals surface area contributed by atoms with Crippen molar-refractivity contribution in [3.63, 3.8) is 0 Å². The Morgan fingerprint density at radius 1 is 1.27 bits per heavy atom. The number of ether oxygens (including phenoxy) is 2. The molecule has 26 heavy (non-hydrogen) atoms. The van der Waals surface area contributed by atoms with Crippen LogP contribution in [0.3, 0.4) is 0 Å². The summed E-state index contributed by atoms with van der Waals surface area (Å²) in [5, 5.41) is 3.24. The first-order chi connectivity index (χ1) is 12.0. The van der Waals surface area contributed by atoms with Crippen molar-refractivity contribution in [3.8, 4) is 5.75 Å². The molecule has 0 amide bonds. The molecule has 0 unspecified atom stereocenters. The number of nitrogens with one attached hydrogen (secondary N) is 1. The molecule has 1 saturated heterocycles. The summed E-state index contributed by atoms with van der Waals surface area (Å²) < 4.78 is 52.3. The highest BCUT2D eigenvalue weighted by atomic mass is 35.5. The molecule has 2 rings (SSSR count). The van der Waals surface area contributed by atoms with E-state index in [1.165, 1.54) is 23.5 Å². The zero-order chi connectivity index (χ0) is 18.3. The maximum absolute atomic E-state index is 13.8. The lowest BCUT2D eigenvalue weighted by atomic mass is 10.1. The van der Waals surface area contributed by atoms with E-state index in [9.17, 15) is 12.8 Å². The summed E-state index contributed by atoms with van der Waals surface area (Å²) in [5.41, 5.74) is 0. The molecule has 1 aromatic carbocycles. The molecule has 150 valence electrons. The Kier molecular flexibility index (Phi) is 9.81. The first-order valence-corrected chi connectivity index (χ1v) is 10.1. The Bertz CT molecular complexity index is 654. The molecule has 0 saturated carbocycles. The number of methoxy groups -OCH3 is 1. The van der Waals surface area contributed by atoms with Crippen molar-refractivity contribution in [2.24, 2.45) is 0 Å². The van der Waals surface area contributed by atoms with E-state index in [4.69, 9.17) is 9.47 Å². The van der Waals surface area contributed by atoms with Gasteiger partial charge in [0.2, 0.25) is 10.0 Å². The molecule has 0 spiro atoms. The fraction of sp³-hybridized carbons (Fsp3) is 0.647. The molecular weight excluding hydrogens is 383 g/mol. The van der Waals surface area contributed by atoms with Gasteiger partial charge < -0.3 is 14.8 Å². The lowest BCUT2D eigenvalue weighted by Gasteiger charge is -2.34. The average Bonchev–Trinajstić information content (AvgIpc) is 2.61. The second-order valence-corrected chi connectivity index (χ2v) is 7.89. The molecule has 1 aliphatic heterocycles. The predicted molar refractivity (Wildman–Crippen MR) is 101 cm³/mol. The van der Waals surface area contributed by atoms with Crippen LogP contribution in [-0.2, 0) is 14.8 Å². The number of hydrogen-bond acceptors (Lipinski definition) is 5. The smallest absolute Gasteiger partial charge is 0.247 e. The minimum atomic E-state index is -3.85. The lowest BCUT2D eigenvalue weighted by Crippen LogP contribution is -2.46. The molecule has 9 heteroatoms. The highest BCUT2D eigenvalue weighted by molar-refractivity contribution is 7.89. The summed E-state index contributed by atoms with van der Waals surface area (Å²) in [6, 6.07) is 3.53. The van der Waals surface area contributed by atoms with E-state index in [1.54, 1.807) is 0 Å². The fourth-order valence-corrected chi connectivity index (χ4v) is 4.90. The Labute approximate surface area is 161 Å². The van der Waals surface area contributed by atoms with Crippen LogP contribution in [0.1, 0.15) is 26.2 Å². The summed E-state index contributed by atoms with van der Waals surface area (Å²) >= 11 is 0. The molecule has 1 fully saturated rings. The fourth-order valence-electron chi connectivity index (χ4n) is 2.98. The van der Waals surface area contributed by atoms with Crippen LogP contribution < -0.4 is 10.1 Å². The average molecular weight is 411 g/mol. The second kappa shape index (κ2) is 11.0. The van der Waals surface area contributed by atoms with Gasteiger partial charge in [0.25, 0.3) is 0 Å². The van der Waals surface area contributed by atoms with Gasteiger partial charge in [-0.25, -0.2) is 12.8 Å². The van der Waals surface area contributed by atoms with E-state index in [2.05, 4.69) is 5.32 Å². The van der Waals surface area contributed by atoms with Crippen molar-refractivity contribution >= 4 is 22.4 Å². The van der Waals surface area contributed by atoms with Crippen LogP contribution in [0.4, 0.5) is 4.39 Å². The Hall–Kier alpha value is -0.930. The van der Waals surface area contributed by atoms with E-state index in [0.29, 0.717) is 19.6 Å². The van der Waals surface area contributed by atoms with Crippen LogP contribution >= 0.6 is 12.4 Å². The van der Waals surface area contributed by atoms with Gasteiger partial charge >= 0.3 is 0 Å². The molecule has 1 N–H and O–H groups in total. The number of benzene rings is 1. The number of nitrogens with zero attached hydrogens (tertiary/aromatic N) is 1. The minimum absolute atomic E-state index is 0. The third-order valence-electron chi connectivity index (χ3n) is 4.20. The summed E-state index contributed by atoms with van der Waals surface area (Å²) in [7, 11) is -2.32. The summed E-state index contributed by atoms with van der Waals surface area (Å²) in [6.45, 7) is 4.42. The van der Waals surface area contributed by atoms with Gasteiger partial charge in [0, 0.05) is 19.7 Å². The van der Waals surface area contributed by atoms with Gasteiger partial charge in [-0.05, 0) is 50.6 Å². The number of sulfonamides is 1. The van der Waals surface area contributed by atoms with Crippen LogP contribution in [0.5, 0.6) is 5.75 Å². The second-order valence-electron chi connectivity index (χ2n) is 6.03. The normalized spacial score (nSPS) is 15.7. The van der Waals surface area contributed by atoms with E-state index in [1.807, 2.05) is 6.92 Å². The quantitative estimate of drug-likeness (QED) is 0.633. The van der Waals surface area contributed by atoms with Crippen molar-refractivity contribution < 1.29 is 22.3 Å². The molecule has 0 bridgehead atoms. The van der Waals surface area contributed by atoms with Gasteiger partial charge in [-0.2, -0.15) is 4.31 Å². The van der Waals surface area contributed by atoms with Gasteiger partial charge in [0.05, 0.1) is 6.61 Å². The van der Waals surface area contributed by atoms with Crippen LogP contribution in [0.25, 0.3) is 0 Å². The first kappa shape index (κ1) is 23.1. The van der Waals surface area contributed by atoms with Crippen molar-refractivity contribution in [2.75, 3.05) is 40.0 Å². The van der Waals surface area contributed by atoms with Crippen molar-refractivity contribution in [1.82, 2.24) is 9.62 Å². The highest BCUT2D eigenvalue weighted by Crippen LogP contribution is 2.30. The molecule has 1 aliphatic rings. The molecule has 6 nitrogen and oxygen atoms in total. The van der Waals surface area contributed by atoms with E-state index >= 15 is 0 Å². The monoisotopic (exact) mass is 410 g/mol. The molecule has 1 heterocycles. The van der Waals surface area contributed by atoms with Gasteiger partial charge in [-0.3, -0.25) is 0 Å². The van der Waals surface area contributed by atoms with Crippen molar-refractivity contribution in [3.05, 3.63) is 24.0 Å². The maximum atomic E-state index is 13.8. The summed E-state index contributed by atoms with van der Waals surface area (Å²) in [5.74, 6) is -0.437. The van der Waals surface area contributed by atoms with E-state index < -0.39 is 15.8 Å². The van der Waals surface area contributed by atoms with Gasteiger partial charge in [0.1, 0.15) is 23.1 Å². The summed E-state index contributed by atoms with van der Waals surface area (Å²) in [4.78, 5) is -0.115. The Morgan fingerprint density at radius 3 is 2.58 bits per heavy atom. The third-order valence-corrected chi connectivity index (χ3v) is 6.17. The number of rotatable bonds is 9. The van der Waals surface area contributed by atoms with E-state index in [0.717, 1.165) is 32.0 Å². The van der Waals surface area contributed by atoms with Gasteiger partial charge in [0.15, 0.2) is 0 Å². The lowest BCUT2D eigenvalue weighted by molar-refractivity contribution is 0.144. The maximum Gasteiger partial charge on any atom is 0.247 e. The van der Waals surface area contributed by atoms with Crippen LogP contribution in [0.2, 0.25) is 0 Å². The third kappa shape index (κ3) is 5.79. The summed E-state index contributed by atoms with van der Waals surface area (Å²) in [6.07, 6.45) is 2.18. The minimum Gasteiger partial charge on any atom is -0.490 e. The first-order valence-electron chi connectivity index (χ1n) is 8.64. The van der Waals surface area contributed by atoms with Gasteiger partial charge in [-0.15, -0.1) is 12.4 Å². The number of piperidine rings is 1.